The molecular formula is C100H88N6O2Pt2-2. The number of aromatic hydroxyl groups is 2. The Kier molecular flexibility index (Phi) is 18.8. The fourth-order valence-electron chi connectivity index (χ4n) is 14.3. The zero-order valence-corrected chi connectivity index (χ0v) is 67.7. The number of phenols is 2. The Hall–Kier alpha value is -11.1. The van der Waals surface area contributed by atoms with Gasteiger partial charge in [0.15, 0.2) is 0 Å². The van der Waals surface area contributed by atoms with Crippen LogP contribution in [0.15, 0.2) is 267 Å². The number of hydrogen-bond acceptors (Lipinski definition) is 6. The summed E-state index contributed by atoms with van der Waals surface area (Å²) in [6.45, 7) is 15.6. The largest absolute Gasteiger partial charge is 0.507 e. The van der Waals surface area contributed by atoms with Crippen molar-refractivity contribution in [3.63, 3.8) is 0 Å². The Bertz CT molecular complexity index is 6500. The Labute approximate surface area is 688 Å². The molecule has 4 aromatic heterocycles. The summed E-state index contributed by atoms with van der Waals surface area (Å²) in [5, 5.41) is 23.2. The van der Waals surface area contributed by atoms with Crippen molar-refractivity contribution in [1.82, 2.24) is 29.1 Å². The standard InChI is InChI=1S/2C50H44N3O.2Pt/c2*1-31-16-18-36(19-17-31)38-22-23-51-44(30-38)40-27-39(28-41(29-40)50(5,6)7)42-14-11-15-46-47(42)52-49(43-25-32(2)24-34(4)48(43)54)53(46)45-21-20-37(26-33(45)3)35-12-9-8-10-13-35;;/h2*8-26,28-30,54H,1-7H3;;/q2*-1;;/i1D3,3D3;3D3;;. The van der Waals surface area contributed by atoms with Crippen molar-refractivity contribution < 1.29 is 64.7 Å². The molecule has 0 fully saturated rings. The van der Waals surface area contributed by atoms with Crippen LogP contribution in [0, 0.1) is 67.3 Å². The Morgan fingerprint density at radius 3 is 1.09 bits per heavy atom. The maximum Gasteiger partial charge on any atom is 0.148 e. The molecule has 2 N–H and O–H groups in total. The van der Waals surface area contributed by atoms with Crippen LogP contribution in [0.4, 0.5) is 0 Å². The molecule has 16 aromatic rings. The van der Waals surface area contributed by atoms with Gasteiger partial charge in [-0.3, -0.25) is 19.1 Å². The summed E-state index contributed by atoms with van der Waals surface area (Å²) in [7, 11) is 0. The molecular weight excluding hydrogens is 1710 g/mol. The van der Waals surface area contributed by atoms with Crippen LogP contribution in [0.1, 0.15) is 110 Å². The third-order valence-corrected chi connectivity index (χ3v) is 20.2. The predicted octanol–water partition coefficient (Wildman–Crippen LogP) is 25.6. The van der Waals surface area contributed by atoms with E-state index in [9.17, 15) is 10.2 Å². The van der Waals surface area contributed by atoms with Crippen LogP contribution >= 0.6 is 0 Å². The molecule has 552 valence electrons. The van der Waals surface area contributed by atoms with E-state index in [0.29, 0.717) is 73.0 Å². The van der Waals surface area contributed by atoms with Crippen LogP contribution in [-0.4, -0.2) is 39.3 Å². The zero-order chi connectivity index (χ0) is 82.9. The van der Waals surface area contributed by atoms with E-state index in [1.54, 1.807) is 30.5 Å². The molecule has 12 aromatic carbocycles. The molecule has 0 atom stereocenters. The smallest absolute Gasteiger partial charge is 0.148 e. The van der Waals surface area contributed by atoms with Crippen LogP contribution in [0.2, 0.25) is 0 Å². The van der Waals surface area contributed by atoms with Gasteiger partial charge in [-0.2, -0.15) is 0 Å². The average Bonchev–Trinajstić information content (AvgIpc) is 1.59. The quantitative estimate of drug-likeness (QED) is 0.118. The van der Waals surface area contributed by atoms with Gasteiger partial charge in [-0.15, -0.1) is 58.7 Å². The van der Waals surface area contributed by atoms with Crippen LogP contribution in [-0.2, 0) is 53.0 Å². The molecule has 0 saturated carbocycles. The molecule has 0 aliphatic carbocycles. The fraction of sp³-hybridized carbons (Fsp3) is 0.160. The molecule has 0 aliphatic heterocycles. The number of hydrogen-bond donors (Lipinski definition) is 2. The molecule has 0 amide bonds. The minimum absolute atomic E-state index is 0. The molecule has 0 spiro atoms. The number of fused-ring (bicyclic) bond motifs is 2. The summed E-state index contributed by atoms with van der Waals surface area (Å²) < 4.78 is 79.6. The Balaban J connectivity index is 0.000000203. The van der Waals surface area contributed by atoms with Gasteiger partial charge in [0.2, 0.25) is 0 Å². The number of benzene rings is 12. The van der Waals surface area contributed by atoms with Crippen LogP contribution < -0.4 is 0 Å². The van der Waals surface area contributed by atoms with E-state index in [4.69, 9.17) is 32.3 Å². The normalized spacial score (nSPS) is 13.0. The number of aromatic nitrogens is 6. The molecule has 10 heteroatoms. The summed E-state index contributed by atoms with van der Waals surface area (Å²) in [5.74, 6) is 1.01. The maximum absolute atomic E-state index is 11.6. The van der Waals surface area contributed by atoms with E-state index >= 15 is 0 Å². The van der Waals surface area contributed by atoms with E-state index in [-0.39, 0.29) is 81.1 Å². The van der Waals surface area contributed by atoms with Crippen LogP contribution in [0.25, 0.3) is 145 Å². The summed E-state index contributed by atoms with van der Waals surface area (Å²) in [6, 6.07) is 89.3. The average molecular weight is 1810 g/mol. The van der Waals surface area contributed by atoms with E-state index in [2.05, 4.69) is 115 Å². The number of rotatable bonds is 12. The third-order valence-electron chi connectivity index (χ3n) is 20.2. The SMILES string of the molecule is [2H]C([2H])([2H])c1cc(-c2ccccc2)ccc1-n1c(-c2cc(C)cc(C)c2O)nc2c(-c3[c-]c(-c4cc(-c5ccc(C)cc5)ccn4)cc(C(C)(C)C)c3)cccc21.[2H]C([2H])([2H])c1ccc(-c2ccnc(-c3[c-]c(-c4cccc5c4nc(-c4cc(C)cc(C)c4O)n5-c4ccc(-c5ccccc5)cc4C([2H])([2H])[2H])cc(C(C)(C)C)c3)c2)cc1.[Pt].[Pt]. The van der Waals surface area contributed by atoms with Gasteiger partial charge in [-0.05, 0) is 205 Å². The molecule has 0 bridgehead atoms. The first kappa shape index (κ1) is 65.9. The molecule has 4 heterocycles. The minimum Gasteiger partial charge on any atom is -0.507 e. The first-order valence-electron chi connectivity index (χ1n) is 40.8. The number of aryl methyl sites for hydroxylation is 8. The summed E-state index contributed by atoms with van der Waals surface area (Å²) in [4.78, 5) is 20.2. The van der Waals surface area contributed by atoms with Gasteiger partial charge in [0.25, 0.3) is 0 Å². The van der Waals surface area contributed by atoms with Crippen molar-refractivity contribution in [2.24, 2.45) is 0 Å². The van der Waals surface area contributed by atoms with Crippen LogP contribution in [0.5, 0.6) is 11.5 Å². The first-order valence-corrected chi connectivity index (χ1v) is 36.3. The number of nitrogens with zero attached hydrogens (tertiary/aromatic N) is 6. The molecule has 0 unspecified atom stereocenters. The predicted molar refractivity (Wildman–Crippen MR) is 448 cm³/mol. The number of phenolic OH excluding ortho intramolecular Hbond substituents is 2. The van der Waals surface area contributed by atoms with Crippen molar-refractivity contribution in [3.05, 3.63) is 335 Å². The molecule has 0 radical (unpaired) electrons. The molecule has 8 nitrogen and oxygen atoms in total. The molecule has 0 aliphatic rings. The van der Waals surface area contributed by atoms with Gasteiger partial charge in [0.1, 0.15) is 23.1 Å². The topological polar surface area (TPSA) is 102 Å². The van der Waals surface area contributed by atoms with E-state index in [1.807, 2.05) is 219 Å². The van der Waals surface area contributed by atoms with Crippen molar-refractivity contribution in [2.45, 2.75) is 108 Å². The number of para-hydroxylation sites is 2. The minimum atomic E-state index is -2.49. The Morgan fingerprint density at radius 1 is 0.327 bits per heavy atom. The summed E-state index contributed by atoms with van der Waals surface area (Å²) >= 11 is 0. The van der Waals surface area contributed by atoms with E-state index in [1.165, 1.54) is 5.56 Å². The Morgan fingerprint density at radius 2 is 0.700 bits per heavy atom. The first-order chi connectivity index (χ1) is 55.5. The van der Waals surface area contributed by atoms with Crippen molar-refractivity contribution in [3.8, 4) is 135 Å². The van der Waals surface area contributed by atoms with Crippen molar-refractivity contribution in [1.29, 1.82) is 0 Å². The third kappa shape index (κ3) is 15.6. The molecule has 110 heavy (non-hydrogen) atoms. The van der Waals surface area contributed by atoms with E-state index < -0.39 is 20.6 Å². The second kappa shape index (κ2) is 31.4. The zero-order valence-electron chi connectivity index (χ0n) is 72.1. The summed E-state index contributed by atoms with van der Waals surface area (Å²) in [6.07, 6.45) is 3.59. The monoisotopic (exact) mass is 1800 g/mol. The second-order valence-corrected chi connectivity index (χ2v) is 30.2. The van der Waals surface area contributed by atoms with Gasteiger partial charge in [-0.1, -0.05) is 245 Å². The second-order valence-electron chi connectivity index (χ2n) is 30.2. The van der Waals surface area contributed by atoms with Gasteiger partial charge in [0, 0.05) is 78.2 Å². The van der Waals surface area contributed by atoms with Gasteiger partial charge < -0.3 is 10.2 Å². The van der Waals surface area contributed by atoms with Gasteiger partial charge in [0.05, 0.1) is 44.6 Å². The molecule has 16 rings (SSSR count). The van der Waals surface area contributed by atoms with Crippen molar-refractivity contribution in [2.75, 3.05) is 0 Å². The van der Waals surface area contributed by atoms with Crippen molar-refractivity contribution >= 4 is 22.1 Å². The summed E-state index contributed by atoms with van der Waals surface area (Å²) in [5.41, 5.74) is 25.0. The maximum atomic E-state index is 11.6. The molecule has 0 saturated heterocycles. The number of pyridine rings is 2. The van der Waals surface area contributed by atoms with Gasteiger partial charge >= 0.3 is 0 Å². The van der Waals surface area contributed by atoms with Gasteiger partial charge in [-0.25, -0.2) is 9.97 Å². The van der Waals surface area contributed by atoms with E-state index in [0.717, 1.165) is 106 Å². The fourth-order valence-corrected chi connectivity index (χ4v) is 14.3. The number of imidazole rings is 2. The van der Waals surface area contributed by atoms with Crippen LogP contribution in [0.3, 0.4) is 0 Å².